The lowest BCUT2D eigenvalue weighted by Gasteiger charge is -2.21. The van der Waals surface area contributed by atoms with Crippen molar-refractivity contribution in [3.8, 4) is 17.1 Å². The Morgan fingerprint density at radius 2 is 1.90 bits per heavy atom. The molecule has 5 rings (SSSR count). The maximum Gasteiger partial charge on any atom is 0.148 e. The molecule has 0 unspecified atom stereocenters. The predicted octanol–water partition coefficient (Wildman–Crippen LogP) is 6.16. The van der Waals surface area contributed by atoms with Crippen LogP contribution in [0.15, 0.2) is 83.5 Å². The first-order valence-corrected chi connectivity index (χ1v) is 15.2. The number of rotatable bonds is 11. The Morgan fingerprint density at radius 1 is 1.05 bits per heavy atom. The van der Waals surface area contributed by atoms with Gasteiger partial charge in [-0.3, -0.25) is 0 Å². The third kappa shape index (κ3) is 7.21. The zero-order valence-electron chi connectivity index (χ0n) is 22.5. The summed E-state index contributed by atoms with van der Waals surface area (Å²) >= 11 is 6.55. The first-order chi connectivity index (χ1) is 19.7. The van der Waals surface area contributed by atoms with Crippen LogP contribution >= 0.6 is 11.6 Å². The molecule has 0 radical (unpaired) electrons. The number of anilines is 2. The standard InChI is InChI=1S/C30H28ClFN4O4S/c1-36(23-7-10-29(26(31)16-23)39-18-20-4-3-5-22(32)14-20)30-25-15-21(6-9-27(25)34-19-35-30)28-11-8-24(40-28)17-33-12-13-41(2,37)38/h3-11,14-16,19,33H,12-13,17-18H2,1-2H3. The van der Waals surface area contributed by atoms with E-state index < -0.39 is 9.84 Å². The second kappa shape index (κ2) is 12.3. The summed E-state index contributed by atoms with van der Waals surface area (Å²) in [7, 11) is -1.13. The summed E-state index contributed by atoms with van der Waals surface area (Å²) < 4.78 is 47.9. The monoisotopic (exact) mass is 594 g/mol. The third-order valence-electron chi connectivity index (χ3n) is 6.41. The first-order valence-electron chi connectivity index (χ1n) is 12.8. The van der Waals surface area contributed by atoms with Crippen LogP contribution in [0.1, 0.15) is 11.3 Å². The minimum absolute atomic E-state index is 0.0669. The van der Waals surface area contributed by atoms with Gasteiger partial charge in [-0.05, 0) is 66.2 Å². The van der Waals surface area contributed by atoms with E-state index in [0.717, 1.165) is 22.2 Å². The lowest BCUT2D eigenvalue weighted by atomic mass is 10.1. The number of sulfone groups is 1. The Kier molecular flexibility index (Phi) is 8.53. The molecule has 3 aromatic carbocycles. The Labute approximate surface area is 242 Å². The molecule has 2 heterocycles. The van der Waals surface area contributed by atoms with Gasteiger partial charge in [-0.2, -0.15) is 0 Å². The molecule has 0 amide bonds. The number of hydrogen-bond acceptors (Lipinski definition) is 8. The second-order valence-electron chi connectivity index (χ2n) is 9.59. The Balaban J connectivity index is 1.33. The zero-order valence-corrected chi connectivity index (χ0v) is 24.0. The minimum atomic E-state index is -3.02. The average Bonchev–Trinajstić information content (AvgIpc) is 3.42. The van der Waals surface area contributed by atoms with Crippen LogP contribution in [-0.2, 0) is 23.0 Å². The molecule has 0 atom stereocenters. The minimum Gasteiger partial charge on any atom is -0.487 e. The van der Waals surface area contributed by atoms with Crippen molar-refractivity contribution in [2.75, 3.05) is 30.5 Å². The number of fused-ring (bicyclic) bond motifs is 1. The molecule has 0 aliphatic rings. The number of furan rings is 1. The molecule has 0 aliphatic heterocycles. The van der Waals surface area contributed by atoms with E-state index in [1.54, 1.807) is 24.3 Å². The molecule has 0 spiro atoms. The second-order valence-corrected chi connectivity index (χ2v) is 12.3. The van der Waals surface area contributed by atoms with Crippen LogP contribution < -0.4 is 15.0 Å². The highest BCUT2D eigenvalue weighted by Gasteiger charge is 2.15. The normalized spacial score (nSPS) is 11.6. The summed E-state index contributed by atoms with van der Waals surface area (Å²) in [5.41, 5.74) is 3.11. The van der Waals surface area contributed by atoms with Crippen molar-refractivity contribution in [3.05, 3.63) is 101 Å². The topological polar surface area (TPSA) is 97.6 Å². The van der Waals surface area contributed by atoms with Gasteiger partial charge in [0.1, 0.15) is 51.7 Å². The number of nitrogens with zero attached hydrogens (tertiary/aromatic N) is 3. The largest absolute Gasteiger partial charge is 0.487 e. The summed E-state index contributed by atoms with van der Waals surface area (Å²) in [6.07, 6.45) is 2.73. The van der Waals surface area contributed by atoms with Crippen LogP contribution in [-0.4, -0.2) is 44.0 Å². The molecule has 0 saturated carbocycles. The van der Waals surface area contributed by atoms with Crippen LogP contribution in [0.2, 0.25) is 5.02 Å². The Bertz CT molecular complexity index is 1790. The highest BCUT2D eigenvalue weighted by molar-refractivity contribution is 7.90. The highest BCUT2D eigenvalue weighted by Crippen LogP contribution is 2.35. The van der Waals surface area contributed by atoms with Gasteiger partial charge in [-0.1, -0.05) is 23.7 Å². The van der Waals surface area contributed by atoms with Gasteiger partial charge in [0.15, 0.2) is 0 Å². The van der Waals surface area contributed by atoms with Crippen LogP contribution in [0.4, 0.5) is 15.9 Å². The molecule has 11 heteroatoms. The van der Waals surface area contributed by atoms with Gasteiger partial charge < -0.3 is 19.4 Å². The van der Waals surface area contributed by atoms with E-state index in [2.05, 4.69) is 15.3 Å². The van der Waals surface area contributed by atoms with Crippen molar-refractivity contribution in [2.45, 2.75) is 13.2 Å². The smallest absolute Gasteiger partial charge is 0.148 e. The van der Waals surface area contributed by atoms with E-state index in [0.29, 0.717) is 46.8 Å². The lowest BCUT2D eigenvalue weighted by molar-refractivity contribution is 0.306. The molecule has 0 saturated heterocycles. The van der Waals surface area contributed by atoms with Crippen molar-refractivity contribution >= 4 is 43.8 Å². The molecule has 8 nitrogen and oxygen atoms in total. The molecule has 5 aromatic rings. The fourth-order valence-corrected chi connectivity index (χ4v) is 5.03. The molecular weight excluding hydrogens is 567 g/mol. The van der Waals surface area contributed by atoms with Gasteiger partial charge in [0.25, 0.3) is 0 Å². The summed E-state index contributed by atoms with van der Waals surface area (Å²) in [6.45, 7) is 0.960. The van der Waals surface area contributed by atoms with Gasteiger partial charge in [-0.25, -0.2) is 22.8 Å². The quantitative estimate of drug-likeness (QED) is 0.182. The van der Waals surface area contributed by atoms with Crippen LogP contribution in [0.25, 0.3) is 22.2 Å². The lowest BCUT2D eigenvalue weighted by Crippen LogP contribution is -2.21. The summed E-state index contributed by atoms with van der Waals surface area (Å²) in [4.78, 5) is 10.9. The summed E-state index contributed by atoms with van der Waals surface area (Å²) in [5, 5.41) is 4.32. The predicted molar refractivity (Wildman–Crippen MR) is 159 cm³/mol. The summed E-state index contributed by atoms with van der Waals surface area (Å²) in [6, 6.07) is 21.2. The molecule has 212 valence electrons. The highest BCUT2D eigenvalue weighted by atomic mass is 35.5. The molecule has 0 fully saturated rings. The van der Waals surface area contributed by atoms with Crippen molar-refractivity contribution in [2.24, 2.45) is 0 Å². The molecule has 0 aliphatic carbocycles. The van der Waals surface area contributed by atoms with Gasteiger partial charge >= 0.3 is 0 Å². The zero-order chi connectivity index (χ0) is 29.0. The maximum absolute atomic E-state index is 13.5. The van der Waals surface area contributed by atoms with Gasteiger partial charge in [0, 0.05) is 36.5 Å². The van der Waals surface area contributed by atoms with E-state index in [1.807, 2.05) is 48.3 Å². The summed E-state index contributed by atoms with van der Waals surface area (Å²) in [5.74, 6) is 2.28. The average molecular weight is 595 g/mol. The maximum atomic E-state index is 13.5. The molecule has 0 bridgehead atoms. The van der Waals surface area contributed by atoms with Gasteiger partial charge in [0.2, 0.25) is 0 Å². The van der Waals surface area contributed by atoms with E-state index in [1.165, 1.54) is 24.7 Å². The fourth-order valence-electron chi connectivity index (χ4n) is 4.29. The van der Waals surface area contributed by atoms with Gasteiger partial charge in [0.05, 0.1) is 22.8 Å². The molecule has 1 N–H and O–H groups in total. The van der Waals surface area contributed by atoms with Crippen LogP contribution in [0.5, 0.6) is 5.75 Å². The van der Waals surface area contributed by atoms with Crippen molar-refractivity contribution in [3.63, 3.8) is 0 Å². The van der Waals surface area contributed by atoms with Crippen LogP contribution in [0, 0.1) is 5.82 Å². The van der Waals surface area contributed by atoms with E-state index in [9.17, 15) is 12.8 Å². The molecule has 2 aromatic heterocycles. The van der Waals surface area contributed by atoms with Crippen molar-refractivity contribution in [1.82, 2.24) is 15.3 Å². The number of ether oxygens (including phenoxy) is 1. The van der Waals surface area contributed by atoms with Crippen LogP contribution in [0.3, 0.4) is 0 Å². The number of benzene rings is 3. The van der Waals surface area contributed by atoms with Gasteiger partial charge in [-0.15, -0.1) is 0 Å². The Morgan fingerprint density at radius 3 is 2.68 bits per heavy atom. The van der Waals surface area contributed by atoms with E-state index in [4.69, 9.17) is 20.8 Å². The first kappa shape index (κ1) is 28.5. The van der Waals surface area contributed by atoms with E-state index in [-0.39, 0.29) is 18.2 Å². The molecular formula is C30H28ClFN4O4S. The Hall–Kier alpha value is -3.99. The SMILES string of the molecule is CN(c1ccc(OCc2cccc(F)c2)c(Cl)c1)c1ncnc2ccc(-c3ccc(CNCCS(C)(=O)=O)o3)cc12. The number of aromatic nitrogens is 2. The van der Waals surface area contributed by atoms with E-state index >= 15 is 0 Å². The van der Waals surface area contributed by atoms with Crippen molar-refractivity contribution in [1.29, 1.82) is 0 Å². The number of halogens is 2. The molecule has 41 heavy (non-hydrogen) atoms. The number of hydrogen-bond donors (Lipinski definition) is 1. The number of nitrogens with one attached hydrogen (secondary N) is 1. The fraction of sp³-hybridized carbons (Fsp3) is 0.200. The van der Waals surface area contributed by atoms with Crippen molar-refractivity contribution < 1.29 is 22.0 Å². The third-order valence-corrected chi connectivity index (χ3v) is 7.65.